The summed E-state index contributed by atoms with van der Waals surface area (Å²) in [6, 6.07) is 4.20. The molecule has 1 N–H and O–H groups in total. The van der Waals surface area contributed by atoms with Gasteiger partial charge in [0.2, 0.25) is 0 Å². The second-order valence-electron chi connectivity index (χ2n) is 6.14. The zero-order valence-electron chi connectivity index (χ0n) is 13.2. The SMILES string of the molecule is COc1cc(OC)c2c(c1)OC1(CCNC1)CC2N(C)C. The molecule has 1 aromatic rings. The summed E-state index contributed by atoms with van der Waals surface area (Å²) < 4.78 is 17.4. The van der Waals surface area contributed by atoms with E-state index in [4.69, 9.17) is 14.2 Å². The van der Waals surface area contributed by atoms with Crippen molar-refractivity contribution >= 4 is 0 Å². The van der Waals surface area contributed by atoms with Crippen LogP contribution < -0.4 is 19.5 Å². The van der Waals surface area contributed by atoms with Gasteiger partial charge in [0.05, 0.1) is 19.8 Å². The molecular weight excluding hydrogens is 268 g/mol. The fraction of sp³-hybridized carbons (Fsp3) is 0.625. The minimum Gasteiger partial charge on any atom is -0.496 e. The Morgan fingerprint density at radius 1 is 1.29 bits per heavy atom. The molecule has 2 aliphatic rings. The molecule has 5 heteroatoms. The molecule has 1 aromatic carbocycles. The highest BCUT2D eigenvalue weighted by atomic mass is 16.5. The molecule has 0 amide bonds. The van der Waals surface area contributed by atoms with Gasteiger partial charge >= 0.3 is 0 Å². The quantitative estimate of drug-likeness (QED) is 0.920. The molecule has 3 rings (SSSR count). The van der Waals surface area contributed by atoms with Crippen molar-refractivity contribution < 1.29 is 14.2 Å². The van der Waals surface area contributed by atoms with Gasteiger partial charge in [-0.3, -0.25) is 0 Å². The van der Waals surface area contributed by atoms with E-state index in [1.807, 2.05) is 12.1 Å². The van der Waals surface area contributed by atoms with Crippen LogP contribution in [0.15, 0.2) is 12.1 Å². The van der Waals surface area contributed by atoms with Gasteiger partial charge in [0.15, 0.2) is 0 Å². The van der Waals surface area contributed by atoms with Crippen molar-refractivity contribution in [2.24, 2.45) is 0 Å². The standard InChI is InChI=1S/C16H24N2O3/c1-18(2)12-9-16(5-6-17-10-16)21-14-8-11(19-3)7-13(20-4)15(12)14/h7-8,12,17H,5-6,9-10H2,1-4H3. The van der Waals surface area contributed by atoms with E-state index in [2.05, 4.69) is 24.3 Å². The third-order valence-corrected chi connectivity index (χ3v) is 4.59. The van der Waals surface area contributed by atoms with Gasteiger partial charge < -0.3 is 24.4 Å². The van der Waals surface area contributed by atoms with Gasteiger partial charge in [-0.05, 0) is 20.6 Å². The lowest BCUT2D eigenvalue weighted by molar-refractivity contribution is 0.0274. The topological polar surface area (TPSA) is 43.0 Å². The summed E-state index contributed by atoms with van der Waals surface area (Å²) in [6.07, 6.45) is 2.01. The molecule has 0 saturated carbocycles. The molecule has 5 nitrogen and oxygen atoms in total. The summed E-state index contributed by atoms with van der Waals surface area (Å²) in [5, 5.41) is 3.42. The highest BCUT2D eigenvalue weighted by Crippen LogP contribution is 2.49. The largest absolute Gasteiger partial charge is 0.496 e. The molecular formula is C16H24N2O3. The van der Waals surface area contributed by atoms with E-state index in [-0.39, 0.29) is 11.6 Å². The van der Waals surface area contributed by atoms with E-state index in [0.717, 1.165) is 48.7 Å². The smallest absolute Gasteiger partial charge is 0.132 e. The third-order valence-electron chi connectivity index (χ3n) is 4.59. The molecule has 1 saturated heterocycles. The molecule has 1 spiro atoms. The van der Waals surface area contributed by atoms with Crippen LogP contribution >= 0.6 is 0 Å². The van der Waals surface area contributed by atoms with Crippen LogP contribution in [0.3, 0.4) is 0 Å². The van der Waals surface area contributed by atoms with Gasteiger partial charge in [0.25, 0.3) is 0 Å². The van der Waals surface area contributed by atoms with Crippen molar-refractivity contribution in [3.05, 3.63) is 17.7 Å². The first-order valence-electron chi connectivity index (χ1n) is 7.41. The summed E-state index contributed by atoms with van der Waals surface area (Å²) >= 11 is 0. The maximum Gasteiger partial charge on any atom is 0.132 e. The van der Waals surface area contributed by atoms with Gasteiger partial charge in [-0.2, -0.15) is 0 Å². The van der Waals surface area contributed by atoms with Crippen molar-refractivity contribution in [1.82, 2.24) is 10.2 Å². The van der Waals surface area contributed by atoms with Crippen LogP contribution in [0.2, 0.25) is 0 Å². The molecule has 2 unspecified atom stereocenters. The number of hydrogen-bond donors (Lipinski definition) is 1. The molecule has 2 atom stereocenters. The average molecular weight is 292 g/mol. The molecule has 0 radical (unpaired) electrons. The predicted octanol–water partition coefficient (Wildman–Crippen LogP) is 1.82. The molecule has 0 aliphatic carbocycles. The van der Waals surface area contributed by atoms with Crippen LogP contribution in [-0.2, 0) is 0 Å². The van der Waals surface area contributed by atoms with E-state index in [0.29, 0.717) is 0 Å². The minimum absolute atomic E-state index is 0.112. The van der Waals surface area contributed by atoms with Crippen molar-refractivity contribution in [3.8, 4) is 17.2 Å². The Morgan fingerprint density at radius 3 is 2.67 bits per heavy atom. The van der Waals surface area contributed by atoms with Gasteiger partial charge in [-0.1, -0.05) is 0 Å². The number of hydrogen-bond acceptors (Lipinski definition) is 5. The van der Waals surface area contributed by atoms with Crippen molar-refractivity contribution in [1.29, 1.82) is 0 Å². The Bertz CT molecular complexity index is 524. The van der Waals surface area contributed by atoms with Gasteiger partial charge in [0, 0.05) is 37.6 Å². The number of methoxy groups -OCH3 is 2. The highest BCUT2D eigenvalue weighted by Gasteiger charge is 2.45. The Kier molecular flexibility index (Phi) is 3.71. The lowest BCUT2D eigenvalue weighted by atomic mass is 9.85. The lowest BCUT2D eigenvalue weighted by Gasteiger charge is -2.42. The number of nitrogens with zero attached hydrogens (tertiary/aromatic N) is 1. The molecule has 0 aromatic heterocycles. The van der Waals surface area contributed by atoms with E-state index in [9.17, 15) is 0 Å². The number of nitrogens with one attached hydrogen (secondary N) is 1. The normalized spacial score (nSPS) is 27.6. The highest BCUT2D eigenvalue weighted by molar-refractivity contribution is 5.54. The number of fused-ring (bicyclic) bond motifs is 1. The molecule has 2 heterocycles. The second kappa shape index (κ2) is 5.39. The van der Waals surface area contributed by atoms with E-state index >= 15 is 0 Å². The van der Waals surface area contributed by atoms with E-state index < -0.39 is 0 Å². The second-order valence-corrected chi connectivity index (χ2v) is 6.14. The van der Waals surface area contributed by atoms with Crippen LogP contribution in [0.1, 0.15) is 24.4 Å². The predicted molar refractivity (Wildman–Crippen MR) is 81.4 cm³/mol. The average Bonchev–Trinajstić information content (AvgIpc) is 2.92. The van der Waals surface area contributed by atoms with Gasteiger partial charge in [0.1, 0.15) is 22.8 Å². The number of benzene rings is 1. The first-order valence-corrected chi connectivity index (χ1v) is 7.41. The molecule has 21 heavy (non-hydrogen) atoms. The van der Waals surface area contributed by atoms with Crippen molar-refractivity contribution in [3.63, 3.8) is 0 Å². The lowest BCUT2D eigenvalue weighted by Crippen LogP contribution is -2.45. The zero-order valence-corrected chi connectivity index (χ0v) is 13.2. The molecule has 0 bridgehead atoms. The van der Waals surface area contributed by atoms with Gasteiger partial charge in [-0.25, -0.2) is 0 Å². The maximum atomic E-state index is 6.40. The van der Waals surface area contributed by atoms with Gasteiger partial charge in [-0.15, -0.1) is 0 Å². The number of ether oxygens (including phenoxy) is 3. The van der Waals surface area contributed by atoms with Crippen molar-refractivity contribution in [2.45, 2.75) is 24.5 Å². The molecule has 1 fully saturated rings. The summed E-state index contributed by atoms with van der Waals surface area (Å²) in [5.74, 6) is 2.50. The fourth-order valence-corrected chi connectivity index (χ4v) is 3.43. The molecule has 2 aliphatic heterocycles. The van der Waals surface area contributed by atoms with Crippen LogP contribution in [0.5, 0.6) is 17.2 Å². The third kappa shape index (κ3) is 2.45. The van der Waals surface area contributed by atoms with Crippen LogP contribution in [0.25, 0.3) is 0 Å². The summed E-state index contributed by atoms with van der Waals surface area (Å²) in [5.41, 5.74) is 1.01. The molecule has 116 valence electrons. The Morgan fingerprint density at radius 2 is 2.10 bits per heavy atom. The van der Waals surface area contributed by atoms with E-state index in [1.54, 1.807) is 14.2 Å². The van der Waals surface area contributed by atoms with Crippen LogP contribution in [0, 0.1) is 0 Å². The summed E-state index contributed by atoms with van der Waals surface area (Å²) in [6.45, 7) is 1.91. The van der Waals surface area contributed by atoms with Crippen LogP contribution in [-0.4, -0.2) is 51.9 Å². The Balaban J connectivity index is 2.10. The Hall–Kier alpha value is -1.46. The van der Waals surface area contributed by atoms with Crippen LogP contribution in [0.4, 0.5) is 0 Å². The maximum absolute atomic E-state index is 6.40. The zero-order chi connectivity index (χ0) is 15.0. The fourth-order valence-electron chi connectivity index (χ4n) is 3.43. The Labute approximate surface area is 126 Å². The number of rotatable bonds is 3. The first-order chi connectivity index (χ1) is 10.1. The summed E-state index contributed by atoms with van der Waals surface area (Å²) in [4.78, 5) is 2.25. The van der Waals surface area contributed by atoms with E-state index in [1.165, 1.54) is 0 Å². The summed E-state index contributed by atoms with van der Waals surface area (Å²) in [7, 11) is 7.59. The monoisotopic (exact) mass is 292 g/mol. The first kappa shape index (κ1) is 14.5. The minimum atomic E-state index is -0.112. The van der Waals surface area contributed by atoms with Crippen molar-refractivity contribution in [2.75, 3.05) is 41.4 Å².